The molecule has 0 fully saturated rings. The highest BCUT2D eigenvalue weighted by atomic mass is 35.5. The van der Waals surface area contributed by atoms with Crippen LogP contribution in [0, 0.1) is 13.8 Å². The van der Waals surface area contributed by atoms with Crippen molar-refractivity contribution >= 4 is 23.2 Å². The Hall–Kier alpha value is -1.94. The second kappa shape index (κ2) is 5.14. The summed E-state index contributed by atoms with van der Waals surface area (Å²) >= 11 is 5.76. The van der Waals surface area contributed by atoms with E-state index in [1.165, 1.54) is 6.20 Å². The fourth-order valence-corrected chi connectivity index (χ4v) is 1.73. The molecule has 0 atom stereocenters. The maximum atomic E-state index is 12.0. The number of pyridine rings is 2. The molecule has 2 heterocycles. The summed E-state index contributed by atoms with van der Waals surface area (Å²) in [6, 6.07) is 5.14. The SMILES string of the molecule is Cc1cncc(C(=O)Nc2ccc(Cl)nc2C)c1. The zero-order chi connectivity index (χ0) is 13.1. The van der Waals surface area contributed by atoms with Gasteiger partial charge >= 0.3 is 0 Å². The van der Waals surface area contributed by atoms with Crippen LogP contribution in [-0.2, 0) is 0 Å². The molecule has 0 aliphatic heterocycles. The van der Waals surface area contributed by atoms with Gasteiger partial charge in [-0.3, -0.25) is 9.78 Å². The van der Waals surface area contributed by atoms with Gasteiger partial charge in [0.15, 0.2) is 0 Å². The van der Waals surface area contributed by atoms with Crippen LogP contribution in [0.5, 0.6) is 0 Å². The van der Waals surface area contributed by atoms with E-state index in [0.717, 1.165) is 5.56 Å². The van der Waals surface area contributed by atoms with Gasteiger partial charge in [0.2, 0.25) is 0 Å². The van der Waals surface area contributed by atoms with Gasteiger partial charge in [-0.1, -0.05) is 11.6 Å². The van der Waals surface area contributed by atoms with Crippen molar-refractivity contribution in [3.05, 3.63) is 52.6 Å². The van der Waals surface area contributed by atoms with Crippen LogP contribution in [0.4, 0.5) is 5.69 Å². The number of nitrogens with one attached hydrogen (secondary N) is 1. The fourth-order valence-electron chi connectivity index (χ4n) is 1.54. The van der Waals surface area contributed by atoms with Gasteiger partial charge in [-0.25, -0.2) is 4.98 Å². The molecule has 0 spiro atoms. The third kappa shape index (κ3) is 2.84. The summed E-state index contributed by atoms with van der Waals surface area (Å²) < 4.78 is 0. The van der Waals surface area contributed by atoms with Gasteiger partial charge in [-0.15, -0.1) is 0 Å². The topological polar surface area (TPSA) is 54.9 Å². The highest BCUT2D eigenvalue weighted by Gasteiger charge is 2.09. The number of anilines is 1. The second-order valence-electron chi connectivity index (χ2n) is 3.97. The van der Waals surface area contributed by atoms with Gasteiger partial charge in [0.1, 0.15) is 5.15 Å². The molecule has 0 saturated heterocycles. The molecular formula is C13H12ClN3O. The van der Waals surface area contributed by atoms with Crippen LogP contribution in [0.2, 0.25) is 5.15 Å². The summed E-state index contributed by atoms with van der Waals surface area (Å²) in [4.78, 5) is 20.1. The van der Waals surface area contributed by atoms with Crippen molar-refractivity contribution in [3.8, 4) is 0 Å². The lowest BCUT2D eigenvalue weighted by atomic mass is 10.2. The monoisotopic (exact) mass is 261 g/mol. The van der Waals surface area contributed by atoms with Crippen molar-refractivity contribution in [2.75, 3.05) is 5.32 Å². The number of hydrogen-bond donors (Lipinski definition) is 1. The van der Waals surface area contributed by atoms with Crippen molar-refractivity contribution in [2.24, 2.45) is 0 Å². The van der Waals surface area contributed by atoms with Crippen LogP contribution in [0.1, 0.15) is 21.6 Å². The largest absolute Gasteiger partial charge is 0.320 e. The predicted molar refractivity (Wildman–Crippen MR) is 70.9 cm³/mol. The standard InChI is InChI=1S/C13H12ClN3O/c1-8-5-10(7-15-6-8)13(18)17-11-3-4-12(14)16-9(11)2/h3-7H,1-2H3,(H,17,18). The van der Waals surface area contributed by atoms with Gasteiger partial charge in [-0.2, -0.15) is 0 Å². The highest BCUT2D eigenvalue weighted by molar-refractivity contribution is 6.29. The maximum Gasteiger partial charge on any atom is 0.257 e. The maximum absolute atomic E-state index is 12.0. The number of carbonyl (C=O) groups is 1. The summed E-state index contributed by atoms with van der Waals surface area (Å²) in [5, 5.41) is 3.19. The van der Waals surface area contributed by atoms with Gasteiger partial charge in [0, 0.05) is 12.4 Å². The molecule has 0 radical (unpaired) electrons. The Morgan fingerprint density at radius 3 is 2.72 bits per heavy atom. The number of carbonyl (C=O) groups excluding carboxylic acids is 1. The van der Waals surface area contributed by atoms with E-state index < -0.39 is 0 Å². The highest BCUT2D eigenvalue weighted by Crippen LogP contribution is 2.16. The molecule has 0 aliphatic rings. The molecule has 1 N–H and O–H groups in total. The predicted octanol–water partition coefficient (Wildman–Crippen LogP) is 3.00. The number of aromatic nitrogens is 2. The molecule has 2 aromatic heterocycles. The summed E-state index contributed by atoms with van der Waals surface area (Å²) in [5.41, 5.74) is 2.78. The Morgan fingerprint density at radius 2 is 2.06 bits per heavy atom. The molecule has 0 unspecified atom stereocenters. The number of rotatable bonds is 2. The second-order valence-corrected chi connectivity index (χ2v) is 4.36. The first kappa shape index (κ1) is 12.5. The summed E-state index contributed by atoms with van der Waals surface area (Å²) in [6.07, 6.45) is 3.23. The Kier molecular flexibility index (Phi) is 3.58. The summed E-state index contributed by atoms with van der Waals surface area (Å²) in [5.74, 6) is -0.210. The number of amides is 1. The van der Waals surface area contributed by atoms with Crippen molar-refractivity contribution in [1.29, 1.82) is 0 Å². The minimum Gasteiger partial charge on any atom is -0.320 e. The van der Waals surface area contributed by atoms with Crippen LogP contribution in [0.3, 0.4) is 0 Å². The van der Waals surface area contributed by atoms with Crippen molar-refractivity contribution in [3.63, 3.8) is 0 Å². The third-order valence-electron chi connectivity index (χ3n) is 2.44. The number of hydrogen-bond acceptors (Lipinski definition) is 3. The average molecular weight is 262 g/mol. The Morgan fingerprint density at radius 1 is 1.28 bits per heavy atom. The first-order chi connectivity index (χ1) is 8.56. The molecule has 0 aromatic carbocycles. The summed E-state index contributed by atoms with van der Waals surface area (Å²) in [6.45, 7) is 3.68. The van der Waals surface area contributed by atoms with E-state index >= 15 is 0 Å². The third-order valence-corrected chi connectivity index (χ3v) is 2.65. The quantitative estimate of drug-likeness (QED) is 0.846. The van der Waals surface area contributed by atoms with Crippen LogP contribution < -0.4 is 5.32 Å². The molecule has 0 saturated carbocycles. The first-order valence-electron chi connectivity index (χ1n) is 5.42. The van der Waals surface area contributed by atoms with E-state index in [0.29, 0.717) is 22.1 Å². The number of nitrogens with zero attached hydrogens (tertiary/aromatic N) is 2. The van der Waals surface area contributed by atoms with Crippen molar-refractivity contribution in [1.82, 2.24) is 9.97 Å². The van der Waals surface area contributed by atoms with E-state index in [9.17, 15) is 4.79 Å². The average Bonchev–Trinajstić information content (AvgIpc) is 2.32. The Labute approximate surface area is 110 Å². The van der Waals surface area contributed by atoms with Crippen molar-refractivity contribution in [2.45, 2.75) is 13.8 Å². The molecule has 18 heavy (non-hydrogen) atoms. The minimum atomic E-state index is -0.210. The van der Waals surface area contributed by atoms with E-state index in [-0.39, 0.29) is 5.91 Å². The normalized spacial score (nSPS) is 10.2. The fraction of sp³-hybridized carbons (Fsp3) is 0.154. The van der Waals surface area contributed by atoms with E-state index in [1.807, 2.05) is 6.92 Å². The minimum absolute atomic E-state index is 0.210. The van der Waals surface area contributed by atoms with Crippen molar-refractivity contribution < 1.29 is 4.79 Å². The molecule has 2 rings (SSSR count). The summed E-state index contributed by atoms with van der Waals surface area (Å²) in [7, 11) is 0. The Bertz CT molecular complexity index is 599. The molecule has 2 aromatic rings. The zero-order valence-electron chi connectivity index (χ0n) is 10.1. The van der Waals surface area contributed by atoms with Gasteiger partial charge in [-0.05, 0) is 37.6 Å². The number of halogens is 1. The Balaban J connectivity index is 2.21. The molecule has 1 amide bonds. The molecule has 92 valence electrons. The lowest BCUT2D eigenvalue weighted by molar-refractivity contribution is 0.102. The molecule has 4 nitrogen and oxygen atoms in total. The van der Waals surface area contributed by atoms with Gasteiger partial charge < -0.3 is 5.32 Å². The van der Waals surface area contributed by atoms with E-state index in [1.54, 1.807) is 31.3 Å². The van der Waals surface area contributed by atoms with Crippen LogP contribution in [0.25, 0.3) is 0 Å². The smallest absolute Gasteiger partial charge is 0.257 e. The number of aryl methyl sites for hydroxylation is 2. The van der Waals surface area contributed by atoms with Gasteiger partial charge in [0.25, 0.3) is 5.91 Å². The zero-order valence-corrected chi connectivity index (χ0v) is 10.8. The van der Waals surface area contributed by atoms with Gasteiger partial charge in [0.05, 0.1) is 16.9 Å². The van der Waals surface area contributed by atoms with Crippen LogP contribution in [-0.4, -0.2) is 15.9 Å². The van der Waals surface area contributed by atoms with Crippen LogP contribution >= 0.6 is 11.6 Å². The lowest BCUT2D eigenvalue weighted by Crippen LogP contribution is -2.13. The molecule has 0 aliphatic carbocycles. The first-order valence-corrected chi connectivity index (χ1v) is 5.80. The van der Waals surface area contributed by atoms with E-state index in [4.69, 9.17) is 11.6 Å². The molecule has 0 bridgehead atoms. The van der Waals surface area contributed by atoms with Crippen LogP contribution in [0.15, 0.2) is 30.6 Å². The van der Waals surface area contributed by atoms with E-state index in [2.05, 4.69) is 15.3 Å². The molecular weight excluding hydrogens is 250 g/mol. The lowest BCUT2D eigenvalue weighted by Gasteiger charge is -2.08. The molecule has 5 heteroatoms.